The Balaban J connectivity index is 4.41. The van der Waals surface area contributed by atoms with Crippen LogP contribution in [-0.4, -0.2) is 75.5 Å². The number of carboxylic acid groups (broad SMARTS) is 1. The van der Waals surface area contributed by atoms with Crippen molar-refractivity contribution in [2.45, 2.75) is 193 Å². The van der Waals surface area contributed by atoms with Crippen molar-refractivity contribution in [3.63, 3.8) is 0 Å². The highest BCUT2D eigenvalue weighted by Crippen LogP contribution is 2.14. The topological polar surface area (TPSA) is 102 Å². The lowest BCUT2D eigenvalue weighted by Gasteiger charge is -2.34. The van der Waals surface area contributed by atoms with Gasteiger partial charge in [0.05, 0.1) is 40.3 Å². The Hall–Kier alpha value is -1.93. The lowest BCUT2D eigenvalue weighted by atomic mass is 10.0. The Morgan fingerprint density at radius 3 is 1.49 bits per heavy atom. The number of likely N-dealkylation sites (N-methyl/N-ethyl adjacent to an activating group) is 1. The summed E-state index contributed by atoms with van der Waals surface area (Å²) in [6, 6.07) is -0.722. The van der Waals surface area contributed by atoms with Gasteiger partial charge in [0.25, 0.3) is 0 Å². The van der Waals surface area contributed by atoms with Crippen molar-refractivity contribution in [2.75, 3.05) is 41.0 Å². The fraction of sp³-hybridized carbons (Fsp3) is 0.878. The lowest BCUT2D eigenvalue weighted by molar-refractivity contribution is -0.889. The summed E-state index contributed by atoms with van der Waals surface area (Å²) >= 11 is 0. The largest absolute Gasteiger partial charge is 0.544 e. The number of carbonyl (C=O) groups is 3. The predicted octanol–water partition coefficient (Wildman–Crippen LogP) is 9.02. The van der Waals surface area contributed by atoms with Gasteiger partial charge in [-0.1, -0.05) is 135 Å². The van der Waals surface area contributed by atoms with Crippen LogP contribution in [0.15, 0.2) is 12.2 Å². The maximum atomic E-state index is 12.6. The third-order valence-corrected chi connectivity index (χ3v) is 9.15. The summed E-state index contributed by atoms with van der Waals surface area (Å²) in [5.41, 5.74) is 0. The number of unbranched alkanes of at least 4 members (excludes halogenated alkanes) is 20. The molecule has 0 radical (unpaired) electrons. The smallest absolute Gasteiger partial charge is 0.306 e. The van der Waals surface area contributed by atoms with Crippen molar-refractivity contribution in [1.82, 2.24) is 0 Å². The van der Waals surface area contributed by atoms with E-state index in [1.165, 1.54) is 96.3 Å². The van der Waals surface area contributed by atoms with Crippen LogP contribution in [0.25, 0.3) is 0 Å². The zero-order valence-electron chi connectivity index (χ0n) is 32.6. The lowest BCUT2D eigenvalue weighted by Crippen LogP contribution is -2.55. The van der Waals surface area contributed by atoms with Crippen LogP contribution in [0.5, 0.6) is 0 Å². The van der Waals surface area contributed by atoms with Gasteiger partial charge in [0.15, 0.2) is 6.10 Å². The number of allylic oxidation sites excluding steroid dienone is 2. The molecule has 0 saturated heterocycles. The first-order valence-electron chi connectivity index (χ1n) is 20.2. The molecule has 288 valence electrons. The normalized spacial score (nSPS) is 13.1. The molecule has 0 fully saturated rings. The van der Waals surface area contributed by atoms with Gasteiger partial charge in [-0.05, 0) is 38.5 Å². The Morgan fingerprint density at radius 2 is 1.02 bits per heavy atom. The Labute approximate surface area is 301 Å². The standard InChI is InChI=1S/C41H77NO7/c1-6-8-10-12-14-16-18-20-22-24-26-28-30-32-40(44)49-37(35-47-34-33-38(41(45)46)42(3,4)5)36-48-39(43)31-29-27-25-23-21-19-17-15-13-11-9-7-2/h20,22,37-38H,6-19,21,23-36H2,1-5H3/b22-20+. The molecule has 0 bridgehead atoms. The number of nitrogens with zero attached hydrogens (tertiary/aromatic N) is 1. The van der Waals surface area contributed by atoms with E-state index in [0.717, 1.165) is 51.4 Å². The van der Waals surface area contributed by atoms with Crippen molar-refractivity contribution in [3.8, 4) is 0 Å². The van der Waals surface area contributed by atoms with Gasteiger partial charge in [-0.2, -0.15) is 0 Å². The van der Waals surface area contributed by atoms with Crippen LogP contribution in [0.2, 0.25) is 0 Å². The number of aliphatic carboxylic acids is 1. The summed E-state index contributed by atoms with van der Waals surface area (Å²) in [6.07, 6.45) is 32.3. The van der Waals surface area contributed by atoms with E-state index in [1.807, 2.05) is 0 Å². The van der Waals surface area contributed by atoms with E-state index in [1.54, 1.807) is 21.1 Å². The van der Waals surface area contributed by atoms with Crippen molar-refractivity contribution in [2.24, 2.45) is 0 Å². The van der Waals surface area contributed by atoms with E-state index < -0.39 is 18.1 Å². The van der Waals surface area contributed by atoms with E-state index in [2.05, 4.69) is 26.0 Å². The highest BCUT2D eigenvalue weighted by molar-refractivity contribution is 5.70. The van der Waals surface area contributed by atoms with Crippen LogP contribution < -0.4 is 5.11 Å². The summed E-state index contributed by atoms with van der Waals surface area (Å²) in [5, 5.41) is 11.6. The van der Waals surface area contributed by atoms with Crippen LogP contribution in [0.3, 0.4) is 0 Å². The van der Waals surface area contributed by atoms with Crippen LogP contribution in [0.4, 0.5) is 0 Å². The second-order valence-electron chi connectivity index (χ2n) is 14.9. The Bertz CT molecular complexity index is 823. The number of quaternary nitrogens is 1. The molecule has 0 aromatic rings. The average Bonchev–Trinajstić information content (AvgIpc) is 3.05. The maximum Gasteiger partial charge on any atom is 0.306 e. The molecule has 0 aliphatic rings. The van der Waals surface area contributed by atoms with E-state index in [-0.39, 0.29) is 42.7 Å². The summed E-state index contributed by atoms with van der Waals surface area (Å²) in [6.45, 7) is 4.64. The zero-order valence-corrected chi connectivity index (χ0v) is 32.6. The third-order valence-electron chi connectivity index (χ3n) is 9.15. The monoisotopic (exact) mass is 696 g/mol. The molecule has 0 rings (SSSR count). The number of hydrogen-bond donors (Lipinski definition) is 0. The number of ether oxygens (including phenoxy) is 3. The SMILES string of the molecule is CCCCCCCC/C=C/CCCCCC(=O)OC(COCCC(C(=O)[O-])[N+](C)(C)C)COC(=O)CCCCCCCCCCCCCC. The molecule has 8 heteroatoms. The van der Waals surface area contributed by atoms with E-state index >= 15 is 0 Å². The highest BCUT2D eigenvalue weighted by Gasteiger charge is 2.25. The molecule has 0 aliphatic heterocycles. The fourth-order valence-corrected chi connectivity index (χ4v) is 5.95. The molecule has 0 saturated carbocycles. The molecule has 49 heavy (non-hydrogen) atoms. The number of carbonyl (C=O) groups excluding carboxylic acids is 3. The number of carboxylic acids is 1. The number of esters is 2. The number of hydrogen-bond acceptors (Lipinski definition) is 7. The number of rotatable bonds is 36. The van der Waals surface area contributed by atoms with E-state index in [0.29, 0.717) is 12.8 Å². The van der Waals surface area contributed by atoms with Gasteiger partial charge in [-0.25, -0.2) is 0 Å². The summed E-state index contributed by atoms with van der Waals surface area (Å²) in [7, 11) is 5.40. The fourth-order valence-electron chi connectivity index (χ4n) is 5.95. The zero-order chi connectivity index (χ0) is 36.4. The summed E-state index contributed by atoms with van der Waals surface area (Å²) in [5.74, 6) is -1.75. The second kappa shape index (κ2) is 33.2. The molecular weight excluding hydrogens is 618 g/mol. The van der Waals surface area contributed by atoms with Crippen LogP contribution in [-0.2, 0) is 28.6 Å². The first-order valence-corrected chi connectivity index (χ1v) is 20.2. The maximum absolute atomic E-state index is 12.6. The van der Waals surface area contributed by atoms with E-state index in [9.17, 15) is 19.5 Å². The Morgan fingerprint density at radius 1 is 0.592 bits per heavy atom. The minimum absolute atomic E-state index is 0.0396. The van der Waals surface area contributed by atoms with Crippen LogP contribution >= 0.6 is 0 Å². The van der Waals surface area contributed by atoms with Crippen molar-refractivity contribution >= 4 is 17.9 Å². The van der Waals surface area contributed by atoms with Crippen LogP contribution in [0.1, 0.15) is 181 Å². The van der Waals surface area contributed by atoms with E-state index in [4.69, 9.17) is 14.2 Å². The predicted molar refractivity (Wildman–Crippen MR) is 199 cm³/mol. The molecule has 2 atom stereocenters. The first kappa shape index (κ1) is 47.1. The van der Waals surface area contributed by atoms with Gasteiger partial charge in [0.1, 0.15) is 12.6 Å². The molecule has 0 aliphatic carbocycles. The van der Waals surface area contributed by atoms with Crippen LogP contribution in [0, 0.1) is 0 Å². The molecule has 8 nitrogen and oxygen atoms in total. The highest BCUT2D eigenvalue weighted by atomic mass is 16.6. The average molecular weight is 696 g/mol. The second-order valence-corrected chi connectivity index (χ2v) is 14.9. The van der Waals surface area contributed by atoms with Gasteiger partial charge >= 0.3 is 11.9 Å². The Kier molecular flexibility index (Phi) is 31.9. The van der Waals surface area contributed by atoms with Gasteiger partial charge in [-0.15, -0.1) is 0 Å². The quantitative estimate of drug-likeness (QED) is 0.0279. The third kappa shape index (κ3) is 31.8. The molecule has 2 unspecified atom stereocenters. The molecule has 0 aromatic heterocycles. The molecule has 0 N–H and O–H groups in total. The molecule has 0 amide bonds. The van der Waals surface area contributed by atoms with Crippen molar-refractivity contribution in [1.29, 1.82) is 0 Å². The van der Waals surface area contributed by atoms with Gasteiger partial charge in [-0.3, -0.25) is 9.59 Å². The first-order chi connectivity index (χ1) is 23.6. The van der Waals surface area contributed by atoms with Gasteiger partial charge in [0, 0.05) is 19.3 Å². The van der Waals surface area contributed by atoms with Crippen molar-refractivity contribution < 1.29 is 38.2 Å². The van der Waals surface area contributed by atoms with Gasteiger partial charge in [0.2, 0.25) is 0 Å². The summed E-state index contributed by atoms with van der Waals surface area (Å²) in [4.78, 5) is 36.7. The minimum atomic E-state index is -1.13. The summed E-state index contributed by atoms with van der Waals surface area (Å²) < 4.78 is 17.1. The molecule has 0 spiro atoms. The minimum Gasteiger partial charge on any atom is -0.544 e. The van der Waals surface area contributed by atoms with Gasteiger partial charge < -0.3 is 28.6 Å². The molecular formula is C41H77NO7. The van der Waals surface area contributed by atoms with Crippen molar-refractivity contribution in [3.05, 3.63) is 12.2 Å². The molecule has 0 heterocycles. The molecule has 0 aromatic carbocycles.